The second-order valence-corrected chi connectivity index (χ2v) is 12.0. The molecule has 0 radical (unpaired) electrons. The Morgan fingerprint density at radius 1 is 0.953 bits per heavy atom. The molecule has 9 nitrogen and oxygen atoms in total. The molecule has 2 aliphatic heterocycles. The second-order valence-electron chi connectivity index (χ2n) is 12.0. The van der Waals surface area contributed by atoms with E-state index in [9.17, 15) is 9.59 Å². The molecule has 0 spiro atoms. The number of nitrogens with zero attached hydrogens (tertiary/aromatic N) is 3. The van der Waals surface area contributed by atoms with Gasteiger partial charge in [-0.1, -0.05) is 12.1 Å². The Hall–Kier alpha value is -4.36. The number of likely N-dealkylation sites (N-methyl/N-ethyl adjacent to an activating group) is 1. The van der Waals surface area contributed by atoms with Gasteiger partial charge in [0.25, 0.3) is 0 Å². The van der Waals surface area contributed by atoms with Crippen LogP contribution in [0.25, 0.3) is 11.1 Å². The zero-order valence-electron chi connectivity index (χ0n) is 25.9. The van der Waals surface area contributed by atoms with E-state index < -0.39 is 11.7 Å². The van der Waals surface area contributed by atoms with E-state index in [4.69, 9.17) is 14.7 Å². The van der Waals surface area contributed by atoms with Crippen molar-refractivity contribution in [3.8, 4) is 6.26 Å². The molecular formula is C33H40BN5O4. The molecule has 0 aliphatic carbocycles. The van der Waals surface area contributed by atoms with Gasteiger partial charge in [-0.15, -0.1) is 0 Å². The standard InChI is InChI=1S/C33H40BN5O4/c1-22-19-26(30(40)36-27-8-10-29(23(2)20-27)24-11-15-38(6)16-12-24)7-9-28(22)25-13-17-39(18-14-25)31(34-42-21-35)37-32(41)43-33(3,4)5/h7-11,13,19-20H,12,14-18H2,1-6H3,(H,36,40)(H,37,41). The molecular weight excluding hydrogens is 541 g/mol. The summed E-state index contributed by atoms with van der Waals surface area (Å²) in [7, 11) is 3.34. The topological polar surface area (TPSA) is 107 Å². The quantitative estimate of drug-likeness (QED) is 0.347. The summed E-state index contributed by atoms with van der Waals surface area (Å²) < 4.78 is 10.1. The number of nitriles is 1. The SMILES string of the molecule is Cc1cc(NC(=O)c2ccc(C3=CCN(C(=BOC#N)NC(=O)OC(C)(C)C)CC3)c(C)c2)ccc1C1=CCN(C)CC1. The summed E-state index contributed by atoms with van der Waals surface area (Å²) >= 11 is 0. The van der Waals surface area contributed by atoms with Crippen LogP contribution in [-0.2, 0) is 9.39 Å². The van der Waals surface area contributed by atoms with Crippen molar-refractivity contribution >= 4 is 41.7 Å². The van der Waals surface area contributed by atoms with Gasteiger partial charge in [0.05, 0.1) is 0 Å². The number of benzene rings is 2. The van der Waals surface area contributed by atoms with Crippen LogP contribution in [0.2, 0.25) is 0 Å². The zero-order valence-corrected chi connectivity index (χ0v) is 25.9. The number of alkyl carbamates (subject to hydrolysis) is 1. The van der Waals surface area contributed by atoms with Crippen molar-refractivity contribution in [2.24, 2.45) is 0 Å². The van der Waals surface area contributed by atoms with E-state index >= 15 is 0 Å². The molecule has 224 valence electrons. The van der Waals surface area contributed by atoms with E-state index in [1.807, 2.05) is 42.2 Å². The van der Waals surface area contributed by atoms with Crippen LogP contribution < -0.4 is 10.6 Å². The molecule has 2 aromatic carbocycles. The van der Waals surface area contributed by atoms with E-state index in [0.29, 0.717) is 30.8 Å². The molecule has 2 amide bonds. The van der Waals surface area contributed by atoms with Crippen LogP contribution in [0.15, 0.2) is 48.6 Å². The summed E-state index contributed by atoms with van der Waals surface area (Å²) in [5, 5.41) is 14.6. The van der Waals surface area contributed by atoms with Crippen molar-refractivity contribution < 1.29 is 19.0 Å². The Kier molecular flexibility index (Phi) is 10.1. The largest absolute Gasteiger partial charge is 0.302 e. The molecule has 0 saturated heterocycles. The minimum Gasteiger partial charge on any atom is -0.302 e. The predicted molar refractivity (Wildman–Crippen MR) is 171 cm³/mol. The minimum absolute atomic E-state index is 0.149. The number of hydrogen-bond donors (Lipinski definition) is 2. The van der Waals surface area contributed by atoms with Crippen molar-refractivity contribution in [3.63, 3.8) is 0 Å². The van der Waals surface area contributed by atoms with Crippen molar-refractivity contribution in [2.75, 3.05) is 38.5 Å². The Morgan fingerprint density at radius 2 is 1.60 bits per heavy atom. The van der Waals surface area contributed by atoms with E-state index in [1.54, 1.807) is 27.0 Å². The van der Waals surface area contributed by atoms with Gasteiger partial charge in [0.2, 0.25) is 0 Å². The van der Waals surface area contributed by atoms with E-state index in [1.165, 1.54) is 18.3 Å². The summed E-state index contributed by atoms with van der Waals surface area (Å²) in [4.78, 5) is 29.7. The van der Waals surface area contributed by atoms with Gasteiger partial charge < -0.3 is 4.90 Å². The number of aryl methyl sites for hydroxylation is 2. The van der Waals surface area contributed by atoms with E-state index in [0.717, 1.165) is 47.5 Å². The number of nitrogens with one attached hydrogen (secondary N) is 2. The number of rotatable bonds is 7. The van der Waals surface area contributed by atoms with Crippen LogP contribution >= 0.6 is 0 Å². The maximum Gasteiger partial charge on any atom is 0.0166 e. The van der Waals surface area contributed by atoms with Gasteiger partial charge in [-0.2, -0.15) is 0 Å². The zero-order chi connectivity index (χ0) is 31.1. The number of carbonyl (C=O) groups is 2. The Labute approximate surface area is 255 Å². The van der Waals surface area contributed by atoms with Crippen LogP contribution in [0.4, 0.5) is 10.5 Å². The average molecular weight is 582 g/mol. The van der Waals surface area contributed by atoms with Crippen molar-refractivity contribution in [2.45, 2.75) is 53.1 Å². The third-order valence-corrected chi connectivity index (χ3v) is 7.48. The van der Waals surface area contributed by atoms with E-state index in [2.05, 4.69) is 47.7 Å². The fourth-order valence-electron chi connectivity index (χ4n) is 5.29. The first-order valence-corrected chi connectivity index (χ1v) is 14.5. The molecule has 2 N–H and O–H groups in total. The molecule has 4 rings (SSSR count). The third-order valence-electron chi connectivity index (χ3n) is 7.48. The van der Waals surface area contributed by atoms with Crippen LogP contribution in [0, 0.1) is 25.4 Å². The normalized spacial score (nSPS) is 15.8. The predicted octanol–water partition coefficient (Wildman–Crippen LogP) is 5.09. The number of amides is 2. The minimum atomic E-state index is -0.658. The maximum absolute atomic E-state index is 13.1. The number of ether oxygens (including phenoxy) is 1. The molecule has 0 atom stereocenters. The van der Waals surface area contributed by atoms with Gasteiger partial charge in [-0.3, -0.25) is 0 Å². The number of anilines is 1. The van der Waals surface area contributed by atoms with Gasteiger partial charge in [-0.25, -0.2) is 0 Å². The van der Waals surface area contributed by atoms with Gasteiger partial charge >= 0.3 is 176 Å². The monoisotopic (exact) mass is 581 g/mol. The molecule has 0 bridgehead atoms. The molecule has 0 unspecified atom stereocenters. The summed E-state index contributed by atoms with van der Waals surface area (Å²) in [6.45, 7) is 12.5. The Bertz CT molecular complexity index is 1520. The summed E-state index contributed by atoms with van der Waals surface area (Å²) in [6, 6.07) is 11.9. The van der Waals surface area contributed by atoms with Crippen molar-refractivity contribution in [1.29, 1.82) is 5.26 Å². The molecule has 10 heteroatoms. The molecule has 0 saturated carbocycles. The Balaban J connectivity index is 1.41. The first-order chi connectivity index (χ1) is 20.4. The van der Waals surface area contributed by atoms with E-state index in [-0.39, 0.29) is 5.91 Å². The van der Waals surface area contributed by atoms with Gasteiger partial charge in [-0.05, 0) is 49.2 Å². The van der Waals surface area contributed by atoms with Crippen LogP contribution in [0.3, 0.4) is 0 Å². The summed E-state index contributed by atoms with van der Waals surface area (Å²) in [6.07, 6.45) is 7.07. The number of carbonyl (C=O) groups excluding carboxylic acids is 2. The van der Waals surface area contributed by atoms with Gasteiger partial charge in [0.1, 0.15) is 0 Å². The molecule has 0 fully saturated rings. The second kappa shape index (κ2) is 13.7. The number of hydrogen-bond acceptors (Lipinski definition) is 7. The summed E-state index contributed by atoms with van der Waals surface area (Å²) in [5.41, 5.74) is 8.04. The molecule has 2 aliphatic rings. The van der Waals surface area contributed by atoms with Gasteiger partial charge in [0.15, 0.2) is 0 Å². The fourth-order valence-corrected chi connectivity index (χ4v) is 5.29. The fraction of sp³-hybridized carbons (Fsp3) is 0.394. The average Bonchev–Trinajstić information content (AvgIpc) is 2.95. The maximum atomic E-state index is 13.1. The first kappa shape index (κ1) is 31.6. The smallest absolute Gasteiger partial charge is 0.0166 e. The summed E-state index contributed by atoms with van der Waals surface area (Å²) in [5.74, 6) is -0.149. The first-order valence-electron chi connectivity index (χ1n) is 14.5. The van der Waals surface area contributed by atoms with Crippen LogP contribution in [0.5, 0.6) is 0 Å². The van der Waals surface area contributed by atoms with Crippen molar-refractivity contribution in [1.82, 2.24) is 15.1 Å². The molecule has 43 heavy (non-hydrogen) atoms. The van der Waals surface area contributed by atoms with Crippen molar-refractivity contribution in [3.05, 3.63) is 76.4 Å². The van der Waals surface area contributed by atoms with Crippen LogP contribution in [0.1, 0.15) is 66.2 Å². The molecule has 0 aromatic heterocycles. The molecule has 2 aromatic rings. The van der Waals surface area contributed by atoms with Gasteiger partial charge in [0, 0.05) is 13.1 Å². The molecule has 2 heterocycles. The third kappa shape index (κ3) is 8.58. The van der Waals surface area contributed by atoms with Crippen LogP contribution in [-0.4, -0.2) is 73.5 Å². The Morgan fingerprint density at radius 3 is 2.16 bits per heavy atom.